The van der Waals surface area contributed by atoms with Gasteiger partial charge in [0.25, 0.3) is 10.0 Å². The molecule has 1 fully saturated rings. The smallest absolute Gasteiger partial charge is 0.252 e. The highest BCUT2D eigenvalue weighted by Gasteiger charge is 2.33. The van der Waals surface area contributed by atoms with Crippen LogP contribution in [0.2, 0.25) is 5.02 Å². The molecule has 1 atom stereocenters. The Hall–Kier alpha value is -0.930. The second kappa shape index (κ2) is 8.61. The number of piperidine rings is 1. The van der Waals surface area contributed by atoms with Crippen molar-refractivity contribution in [3.63, 3.8) is 0 Å². The van der Waals surface area contributed by atoms with E-state index in [1.54, 1.807) is 18.2 Å². The van der Waals surface area contributed by atoms with Gasteiger partial charge in [0.1, 0.15) is 4.21 Å². The molecule has 0 radical (unpaired) electrons. The second-order valence-corrected chi connectivity index (χ2v) is 11.5. The maximum Gasteiger partial charge on any atom is 0.252 e. The fraction of sp³-hybridized carbons (Fsp3) is 0.389. The van der Waals surface area contributed by atoms with Crippen LogP contribution in [-0.2, 0) is 14.8 Å². The zero-order valence-corrected chi connectivity index (χ0v) is 18.7. The number of carbonyl (C=O) groups is 1. The number of carbonyl (C=O) groups excluding carboxylic acids is 1. The van der Waals surface area contributed by atoms with E-state index in [0.717, 1.165) is 9.35 Å². The zero-order valence-electron chi connectivity index (χ0n) is 14.7. The van der Waals surface area contributed by atoms with E-state index >= 15 is 0 Å². The Morgan fingerprint density at radius 1 is 1.26 bits per heavy atom. The lowest BCUT2D eigenvalue weighted by atomic mass is 9.96. The van der Waals surface area contributed by atoms with E-state index in [0.29, 0.717) is 35.2 Å². The molecule has 5 nitrogen and oxygen atoms in total. The van der Waals surface area contributed by atoms with Crippen LogP contribution in [0.25, 0.3) is 0 Å². The SMILES string of the molecule is CC(NC(=O)C1CCN(S(=O)(=O)c2ccc(Br)s2)CC1)c1ccccc1Cl. The van der Waals surface area contributed by atoms with Crippen molar-refractivity contribution in [3.8, 4) is 0 Å². The van der Waals surface area contributed by atoms with Gasteiger partial charge in [0.05, 0.1) is 9.83 Å². The Balaban J connectivity index is 1.59. The quantitative estimate of drug-likeness (QED) is 0.672. The molecule has 1 unspecified atom stereocenters. The maximum atomic E-state index is 12.7. The number of thiophene rings is 1. The number of hydrogen-bond acceptors (Lipinski definition) is 4. The molecule has 1 N–H and O–H groups in total. The van der Waals surface area contributed by atoms with Gasteiger partial charge in [-0.2, -0.15) is 4.31 Å². The Morgan fingerprint density at radius 2 is 1.93 bits per heavy atom. The Kier molecular flexibility index (Phi) is 6.63. The summed E-state index contributed by atoms with van der Waals surface area (Å²) in [5.41, 5.74) is 0.871. The standard InChI is InChI=1S/C18H20BrClN2O3S2/c1-12(14-4-2-3-5-15(14)20)21-18(23)13-8-10-22(11-9-13)27(24,25)17-7-6-16(19)26-17/h2-7,12-13H,8-11H2,1H3,(H,21,23). The molecule has 0 bridgehead atoms. The molecular formula is C18H20BrClN2O3S2. The molecule has 1 saturated heterocycles. The molecule has 2 aromatic rings. The summed E-state index contributed by atoms with van der Waals surface area (Å²) in [6.45, 7) is 2.58. The maximum absolute atomic E-state index is 12.7. The van der Waals surface area contributed by atoms with Gasteiger partial charge in [-0.25, -0.2) is 8.42 Å². The van der Waals surface area contributed by atoms with Crippen molar-refractivity contribution in [1.29, 1.82) is 0 Å². The Bertz CT molecular complexity index is 924. The second-order valence-electron chi connectivity index (χ2n) is 6.49. The van der Waals surface area contributed by atoms with Gasteiger partial charge >= 0.3 is 0 Å². The van der Waals surface area contributed by atoms with Crippen molar-refractivity contribution < 1.29 is 13.2 Å². The van der Waals surface area contributed by atoms with E-state index in [-0.39, 0.29) is 17.9 Å². The predicted molar refractivity (Wildman–Crippen MR) is 112 cm³/mol. The number of amides is 1. The van der Waals surface area contributed by atoms with Crippen LogP contribution < -0.4 is 5.32 Å². The van der Waals surface area contributed by atoms with Crippen LogP contribution in [-0.4, -0.2) is 31.7 Å². The summed E-state index contributed by atoms with van der Waals surface area (Å²) in [7, 11) is -3.49. The van der Waals surface area contributed by atoms with Gasteiger partial charge in [0.15, 0.2) is 0 Å². The topological polar surface area (TPSA) is 66.5 Å². The molecule has 3 rings (SSSR count). The molecule has 0 aliphatic carbocycles. The molecule has 1 aromatic heterocycles. The molecule has 0 saturated carbocycles. The molecule has 1 aliphatic rings. The monoisotopic (exact) mass is 490 g/mol. The fourth-order valence-corrected chi connectivity index (χ4v) is 7.09. The third-order valence-electron chi connectivity index (χ3n) is 4.70. The van der Waals surface area contributed by atoms with Crippen LogP contribution in [0.1, 0.15) is 31.4 Å². The van der Waals surface area contributed by atoms with E-state index in [9.17, 15) is 13.2 Å². The molecule has 1 amide bonds. The minimum absolute atomic E-state index is 0.0571. The number of sulfonamides is 1. The summed E-state index contributed by atoms with van der Waals surface area (Å²) in [5, 5.41) is 3.62. The molecule has 0 spiro atoms. The third-order valence-corrected chi connectivity index (χ3v) is 9.03. The number of nitrogens with one attached hydrogen (secondary N) is 1. The highest BCUT2D eigenvalue weighted by atomic mass is 79.9. The van der Waals surface area contributed by atoms with Gasteiger partial charge in [-0.1, -0.05) is 29.8 Å². The number of benzene rings is 1. The minimum Gasteiger partial charge on any atom is -0.349 e. The van der Waals surface area contributed by atoms with E-state index in [4.69, 9.17) is 11.6 Å². The first-order chi connectivity index (χ1) is 12.8. The fourth-order valence-electron chi connectivity index (χ4n) is 3.16. The van der Waals surface area contributed by atoms with Gasteiger partial charge in [-0.3, -0.25) is 4.79 Å². The van der Waals surface area contributed by atoms with E-state index in [1.165, 1.54) is 15.6 Å². The first-order valence-electron chi connectivity index (χ1n) is 8.59. The Labute approximate surface area is 176 Å². The van der Waals surface area contributed by atoms with Crippen molar-refractivity contribution in [1.82, 2.24) is 9.62 Å². The lowest BCUT2D eigenvalue weighted by Gasteiger charge is -2.31. The van der Waals surface area contributed by atoms with E-state index in [1.807, 2.05) is 25.1 Å². The summed E-state index contributed by atoms with van der Waals surface area (Å²) in [5.74, 6) is -0.255. The lowest BCUT2D eigenvalue weighted by molar-refractivity contribution is -0.126. The summed E-state index contributed by atoms with van der Waals surface area (Å²) >= 11 is 10.7. The number of halogens is 2. The van der Waals surface area contributed by atoms with Crippen molar-refractivity contribution in [2.24, 2.45) is 5.92 Å². The van der Waals surface area contributed by atoms with Gasteiger partial charge in [-0.05, 0) is 59.5 Å². The van der Waals surface area contributed by atoms with Crippen LogP contribution in [0.15, 0.2) is 44.4 Å². The largest absolute Gasteiger partial charge is 0.349 e. The van der Waals surface area contributed by atoms with Crippen molar-refractivity contribution in [2.45, 2.75) is 30.0 Å². The lowest BCUT2D eigenvalue weighted by Crippen LogP contribution is -2.43. The Morgan fingerprint density at radius 3 is 2.52 bits per heavy atom. The summed E-state index contributed by atoms with van der Waals surface area (Å²) in [6.07, 6.45) is 1.01. The van der Waals surface area contributed by atoms with Crippen LogP contribution in [0.4, 0.5) is 0 Å². The number of nitrogens with zero attached hydrogens (tertiary/aromatic N) is 1. The van der Waals surface area contributed by atoms with E-state index < -0.39 is 10.0 Å². The molecule has 1 aliphatic heterocycles. The van der Waals surface area contributed by atoms with Gasteiger partial charge in [-0.15, -0.1) is 11.3 Å². The van der Waals surface area contributed by atoms with Crippen LogP contribution in [0, 0.1) is 5.92 Å². The number of hydrogen-bond donors (Lipinski definition) is 1. The van der Waals surface area contributed by atoms with Gasteiger partial charge in [0, 0.05) is 24.0 Å². The molecule has 9 heteroatoms. The molecule has 2 heterocycles. The zero-order chi connectivity index (χ0) is 19.6. The van der Waals surface area contributed by atoms with Crippen molar-refractivity contribution >= 4 is 54.8 Å². The third kappa shape index (κ3) is 4.74. The molecular weight excluding hydrogens is 472 g/mol. The van der Waals surface area contributed by atoms with Crippen LogP contribution >= 0.6 is 38.9 Å². The van der Waals surface area contributed by atoms with Crippen LogP contribution in [0.3, 0.4) is 0 Å². The first-order valence-corrected chi connectivity index (χ1v) is 12.0. The molecule has 27 heavy (non-hydrogen) atoms. The highest BCUT2D eigenvalue weighted by molar-refractivity contribution is 9.11. The normalized spacial score (nSPS) is 17.6. The number of rotatable bonds is 5. The first kappa shape index (κ1) is 20.8. The molecule has 1 aromatic carbocycles. The van der Waals surface area contributed by atoms with Crippen LogP contribution in [0.5, 0.6) is 0 Å². The van der Waals surface area contributed by atoms with Gasteiger partial charge in [0.2, 0.25) is 5.91 Å². The average molecular weight is 492 g/mol. The van der Waals surface area contributed by atoms with Gasteiger partial charge < -0.3 is 5.32 Å². The van der Waals surface area contributed by atoms with Crippen molar-refractivity contribution in [2.75, 3.05) is 13.1 Å². The van der Waals surface area contributed by atoms with Crippen molar-refractivity contribution in [3.05, 3.63) is 50.8 Å². The molecule has 146 valence electrons. The average Bonchev–Trinajstić information content (AvgIpc) is 3.09. The summed E-state index contributed by atoms with van der Waals surface area (Å²) in [6, 6.07) is 10.6. The summed E-state index contributed by atoms with van der Waals surface area (Å²) in [4.78, 5) is 12.6. The predicted octanol–water partition coefficient (Wildman–Crippen LogP) is 4.44. The summed E-state index contributed by atoms with van der Waals surface area (Å²) < 4.78 is 27.9. The minimum atomic E-state index is -3.49. The van der Waals surface area contributed by atoms with E-state index in [2.05, 4.69) is 21.2 Å². The highest BCUT2D eigenvalue weighted by Crippen LogP contribution is 2.31.